The Morgan fingerprint density at radius 2 is 1.31 bits per heavy atom. The van der Waals surface area contributed by atoms with E-state index in [9.17, 15) is 19.2 Å². The van der Waals surface area contributed by atoms with Crippen LogP contribution < -0.4 is 0 Å². The molecule has 1 aliphatic heterocycles. The molecule has 1 heterocycles. The molecule has 3 aromatic carbocycles. The predicted octanol–water partition coefficient (Wildman–Crippen LogP) is 9.23. The molecule has 3 amide bonds. The minimum Gasteiger partial charge on any atom is -0.292 e. The lowest BCUT2D eigenvalue weighted by molar-refractivity contribution is -0.00964. The molecule has 0 aliphatic carbocycles. The number of ketones is 1. The van der Waals surface area contributed by atoms with Crippen LogP contribution in [-0.4, -0.2) is 45.4 Å². The Morgan fingerprint density at radius 3 is 1.79 bits per heavy atom. The van der Waals surface area contributed by atoms with E-state index >= 15 is 0 Å². The molecule has 6 nitrogen and oxygen atoms in total. The van der Waals surface area contributed by atoms with E-state index in [1.807, 2.05) is 0 Å². The number of rotatable bonds is 7. The average Bonchev–Trinajstić information content (AvgIpc) is 3.15. The number of hydrazine groups is 1. The maximum absolute atomic E-state index is 14.1. The van der Waals surface area contributed by atoms with E-state index in [2.05, 4.69) is 63.7 Å². The Balaban J connectivity index is 1.94. The van der Waals surface area contributed by atoms with E-state index in [0.717, 1.165) is 5.01 Å². The van der Waals surface area contributed by atoms with Gasteiger partial charge in [0.1, 0.15) is 6.04 Å². The molecule has 1 atom stereocenters. The predicted molar refractivity (Wildman–Crippen MR) is 165 cm³/mol. The molecule has 0 spiro atoms. The van der Waals surface area contributed by atoms with Gasteiger partial charge in [-0.1, -0.05) is 34.8 Å². The Morgan fingerprint density at radius 1 is 0.795 bits per heavy atom. The molecule has 202 valence electrons. The van der Waals surface area contributed by atoms with Gasteiger partial charge < -0.3 is 0 Å². The number of nitrogens with zero attached hydrogens (tertiary/aromatic N) is 2. The first-order valence-electron chi connectivity index (χ1n) is 10.8. The van der Waals surface area contributed by atoms with E-state index in [1.165, 1.54) is 42.5 Å². The first kappa shape index (κ1) is 31.0. The second kappa shape index (κ2) is 12.5. The van der Waals surface area contributed by atoms with Crippen molar-refractivity contribution in [3.05, 3.63) is 97.7 Å². The Kier molecular flexibility index (Phi) is 9.91. The number of hydrogen-bond acceptors (Lipinski definition) is 4. The number of imide groups is 1. The molecule has 0 saturated carbocycles. The standard InChI is InChI=1S/C25H12Br4Cl4N2O4/c26-18-16-17(19(27)21(29)20(18)28)25(39)35(24(16)38)34(23(37)13-6-5-12(32)9-14(13)33)15(7-8-30)22(36)10-1-3-11(31)4-2-10/h1-6,9,15H,7-8H2/t15-/m0/s1. The largest absolute Gasteiger partial charge is 0.292 e. The quantitative estimate of drug-likeness (QED) is 0.0781. The van der Waals surface area contributed by atoms with Crippen molar-refractivity contribution in [2.24, 2.45) is 0 Å². The summed E-state index contributed by atoms with van der Waals surface area (Å²) in [6.45, 7) is 0. The molecule has 0 bridgehead atoms. The van der Waals surface area contributed by atoms with Gasteiger partial charge in [0.05, 0.1) is 21.7 Å². The van der Waals surface area contributed by atoms with Crippen LogP contribution in [0.15, 0.2) is 60.4 Å². The fourth-order valence-corrected chi connectivity index (χ4v) is 7.24. The van der Waals surface area contributed by atoms with Crippen molar-refractivity contribution in [1.82, 2.24) is 10.0 Å². The number of benzene rings is 3. The maximum atomic E-state index is 14.1. The van der Waals surface area contributed by atoms with Crippen LogP contribution >= 0.6 is 110 Å². The van der Waals surface area contributed by atoms with Crippen LogP contribution in [0.4, 0.5) is 0 Å². The zero-order valence-electron chi connectivity index (χ0n) is 19.1. The molecule has 0 N–H and O–H groups in total. The number of hydrogen-bond donors (Lipinski definition) is 0. The Labute approximate surface area is 276 Å². The highest BCUT2D eigenvalue weighted by atomic mass is 79.9. The molecule has 14 heteroatoms. The lowest BCUT2D eigenvalue weighted by Crippen LogP contribution is -2.57. The van der Waals surface area contributed by atoms with Crippen molar-refractivity contribution in [2.75, 3.05) is 5.88 Å². The zero-order valence-corrected chi connectivity index (χ0v) is 28.5. The van der Waals surface area contributed by atoms with Crippen molar-refractivity contribution < 1.29 is 19.2 Å². The average molecular weight is 866 g/mol. The molecule has 39 heavy (non-hydrogen) atoms. The summed E-state index contributed by atoms with van der Waals surface area (Å²) in [5, 5.41) is 2.09. The normalized spacial score (nSPS) is 13.5. The summed E-state index contributed by atoms with van der Waals surface area (Å²) in [6.07, 6.45) is -0.0941. The van der Waals surface area contributed by atoms with Crippen molar-refractivity contribution >= 4 is 134 Å². The van der Waals surface area contributed by atoms with E-state index in [4.69, 9.17) is 46.4 Å². The molecule has 4 rings (SSSR count). The van der Waals surface area contributed by atoms with Crippen molar-refractivity contribution in [1.29, 1.82) is 0 Å². The SMILES string of the molecule is O=C(c1ccc(Cl)cc1)[C@H](CCCl)N(C(=O)c1ccc(Cl)cc1Cl)N1C(=O)c2c(Br)c(Br)c(Br)c(Br)c2C1=O. The minimum absolute atomic E-state index is 0.00878. The van der Waals surface area contributed by atoms with Crippen molar-refractivity contribution in [3.8, 4) is 0 Å². The Hall–Kier alpha value is -0.980. The molecule has 0 saturated heterocycles. The third-order valence-corrected chi connectivity index (χ3v) is 11.6. The Bertz CT molecular complexity index is 1510. The third kappa shape index (κ3) is 5.73. The molecule has 0 fully saturated rings. The molecule has 0 unspecified atom stereocenters. The van der Waals surface area contributed by atoms with E-state index in [0.29, 0.717) is 19.0 Å². The first-order valence-corrected chi connectivity index (χ1v) is 15.6. The molecular formula is C25H12Br4Cl4N2O4. The van der Waals surface area contributed by atoms with Gasteiger partial charge in [-0.3, -0.25) is 19.2 Å². The number of amides is 3. The van der Waals surface area contributed by atoms with Gasteiger partial charge in [-0.2, -0.15) is 5.01 Å². The topological polar surface area (TPSA) is 74.8 Å². The van der Waals surface area contributed by atoms with Gasteiger partial charge >= 0.3 is 0 Å². The fourth-order valence-electron chi connectivity index (χ4n) is 3.97. The maximum Gasteiger partial charge on any atom is 0.282 e. The summed E-state index contributed by atoms with van der Waals surface area (Å²) in [6, 6.07) is 8.74. The number of carbonyl (C=O) groups excluding carboxylic acids is 4. The van der Waals surface area contributed by atoms with Gasteiger partial charge in [0.15, 0.2) is 5.78 Å². The summed E-state index contributed by atoms with van der Waals surface area (Å²) < 4.78 is 1.49. The van der Waals surface area contributed by atoms with E-state index in [1.54, 1.807) is 0 Å². The highest BCUT2D eigenvalue weighted by Crippen LogP contribution is 2.46. The smallest absolute Gasteiger partial charge is 0.282 e. The lowest BCUT2D eigenvalue weighted by Gasteiger charge is -2.36. The van der Waals surface area contributed by atoms with E-state index in [-0.39, 0.29) is 53.5 Å². The van der Waals surface area contributed by atoms with Crippen molar-refractivity contribution in [3.63, 3.8) is 0 Å². The fraction of sp³-hybridized carbons (Fsp3) is 0.120. The van der Waals surface area contributed by atoms with Crippen LogP contribution in [0.5, 0.6) is 0 Å². The van der Waals surface area contributed by atoms with Crippen molar-refractivity contribution in [2.45, 2.75) is 12.5 Å². The molecule has 0 radical (unpaired) electrons. The second-order valence-electron chi connectivity index (χ2n) is 8.07. The summed E-state index contributed by atoms with van der Waals surface area (Å²) >= 11 is 38.0. The number of Topliss-reactive ketones (excluding diaryl/α,β-unsaturated/α-hetero) is 1. The molecule has 1 aliphatic rings. The number of halogens is 8. The summed E-state index contributed by atoms with van der Waals surface area (Å²) in [7, 11) is 0. The van der Waals surface area contributed by atoms with Crippen LogP contribution in [0.2, 0.25) is 15.1 Å². The highest BCUT2D eigenvalue weighted by Gasteiger charge is 2.49. The monoisotopic (exact) mass is 860 g/mol. The van der Waals surface area contributed by atoms with Crippen LogP contribution in [0.25, 0.3) is 0 Å². The summed E-state index contributed by atoms with van der Waals surface area (Å²) in [5.74, 6) is -3.19. The van der Waals surface area contributed by atoms with Crippen LogP contribution in [0.1, 0.15) is 47.9 Å². The third-order valence-electron chi connectivity index (χ3n) is 5.77. The second-order valence-corrected chi connectivity index (χ2v) is 12.9. The lowest BCUT2D eigenvalue weighted by atomic mass is 10.0. The summed E-state index contributed by atoms with van der Waals surface area (Å²) in [5.41, 5.74) is 0.0941. The number of alkyl halides is 1. The highest BCUT2D eigenvalue weighted by molar-refractivity contribution is 9.15. The van der Waals surface area contributed by atoms with E-state index < -0.39 is 29.5 Å². The molecule has 0 aromatic heterocycles. The van der Waals surface area contributed by atoms with Gasteiger partial charge in [-0.05, 0) is 113 Å². The van der Waals surface area contributed by atoms with Crippen LogP contribution in [-0.2, 0) is 0 Å². The van der Waals surface area contributed by atoms with Gasteiger partial charge in [0, 0.05) is 39.4 Å². The van der Waals surface area contributed by atoms with Crippen LogP contribution in [0.3, 0.4) is 0 Å². The molecule has 3 aromatic rings. The van der Waals surface area contributed by atoms with Gasteiger partial charge in [-0.25, -0.2) is 5.01 Å². The molecular weight excluding hydrogens is 854 g/mol. The van der Waals surface area contributed by atoms with Gasteiger partial charge in [-0.15, -0.1) is 11.6 Å². The van der Waals surface area contributed by atoms with Gasteiger partial charge in [0.25, 0.3) is 17.7 Å². The van der Waals surface area contributed by atoms with Crippen LogP contribution in [0, 0.1) is 0 Å². The number of fused-ring (bicyclic) bond motifs is 1. The number of carbonyl (C=O) groups is 4. The minimum atomic E-state index is -1.37. The zero-order chi connectivity index (χ0) is 28.8. The summed E-state index contributed by atoms with van der Waals surface area (Å²) in [4.78, 5) is 55.7. The van der Waals surface area contributed by atoms with Gasteiger partial charge in [0.2, 0.25) is 0 Å². The first-order chi connectivity index (χ1) is 18.4.